The molecule has 0 radical (unpaired) electrons. The second-order valence-electron chi connectivity index (χ2n) is 17.0. The van der Waals surface area contributed by atoms with E-state index in [2.05, 4.69) is 11.8 Å². The molecule has 0 spiro atoms. The lowest BCUT2D eigenvalue weighted by molar-refractivity contribution is -0.292. The molecule has 0 aliphatic carbocycles. The van der Waals surface area contributed by atoms with Crippen LogP contribution < -0.4 is 0 Å². The van der Waals surface area contributed by atoms with Crippen LogP contribution in [0.2, 0.25) is 0 Å². The van der Waals surface area contributed by atoms with Crippen molar-refractivity contribution >= 4 is 11.9 Å². The van der Waals surface area contributed by atoms with Crippen molar-refractivity contribution in [2.75, 3.05) is 0 Å². The molecule has 0 atom stereocenters. The average molecular weight is 639 g/mol. The van der Waals surface area contributed by atoms with Gasteiger partial charge in [0.15, 0.2) is 11.2 Å². The van der Waals surface area contributed by atoms with Crippen LogP contribution in [0.15, 0.2) is 24.3 Å². The maximum absolute atomic E-state index is 13.1. The zero-order chi connectivity index (χ0) is 35.8. The Labute approximate surface area is 275 Å². The molecule has 0 bridgehead atoms. The predicted octanol–water partition coefficient (Wildman–Crippen LogP) is 8.73. The van der Waals surface area contributed by atoms with Gasteiger partial charge in [-0.15, -0.1) is 0 Å². The molecule has 0 unspecified atom stereocenters. The summed E-state index contributed by atoms with van der Waals surface area (Å²) in [6, 6.07) is 6.46. The van der Waals surface area contributed by atoms with E-state index >= 15 is 0 Å². The Morgan fingerprint density at radius 2 is 0.696 bits per heavy atom. The fourth-order valence-electron chi connectivity index (χ4n) is 4.51. The Hall–Kier alpha value is -3.54. The summed E-state index contributed by atoms with van der Waals surface area (Å²) in [7, 11) is 0. The maximum atomic E-state index is 13.1. The molecule has 2 aromatic rings. The van der Waals surface area contributed by atoms with Crippen LogP contribution in [0.4, 0.5) is 0 Å². The van der Waals surface area contributed by atoms with Crippen LogP contribution >= 0.6 is 0 Å². The van der Waals surface area contributed by atoms with Crippen LogP contribution in [0.5, 0.6) is 11.5 Å². The Kier molecular flexibility index (Phi) is 10.9. The number of rotatable bonds is 6. The Bertz CT molecular complexity index is 1340. The first kappa shape index (κ1) is 38.6. The van der Waals surface area contributed by atoms with Gasteiger partial charge in [0, 0.05) is 22.3 Å². The highest BCUT2D eigenvalue weighted by Gasteiger charge is 2.31. The van der Waals surface area contributed by atoms with Gasteiger partial charge < -0.3 is 10.2 Å². The van der Waals surface area contributed by atoms with E-state index in [4.69, 9.17) is 19.6 Å². The van der Waals surface area contributed by atoms with E-state index in [1.807, 2.05) is 83.1 Å². The summed E-state index contributed by atoms with van der Waals surface area (Å²) in [4.78, 5) is 47.5. The van der Waals surface area contributed by atoms with Crippen molar-refractivity contribution in [2.45, 2.75) is 144 Å². The zero-order valence-electron chi connectivity index (χ0n) is 30.7. The second-order valence-corrected chi connectivity index (χ2v) is 17.0. The fraction of sp³-hybridized carbons (Fsp3) is 0.579. The van der Waals surface area contributed by atoms with Gasteiger partial charge in [0.1, 0.15) is 11.5 Å². The van der Waals surface area contributed by atoms with Gasteiger partial charge in [-0.1, -0.05) is 94.9 Å². The van der Waals surface area contributed by atoms with Crippen LogP contribution in [0.25, 0.3) is 0 Å². The zero-order valence-corrected chi connectivity index (χ0v) is 30.7. The summed E-state index contributed by atoms with van der Waals surface area (Å²) < 4.78 is 0. The van der Waals surface area contributed by atoms with Crippen molar-refractivity contribution < 1.29 is 39.4 Å². The molecular weight excluding hydrogens is 584 g/mol. The molecule has 0 fully saturated rings. The number of carbonyl (C=O) groups excluding carboxylic acids is 2. The first-order valence-corrected chi connectivity index (χ1v) is 15.6. The number of hydrogen-bond donors (Lipinski definition) is 2. The molecule has 0 amide bonds. The van der Waals surface area contributed by atoms with Crippen molar-refractivity contribution in [2.24, 2.45) is 0 Å². The minimum Gasteiger partial charge on any atom is -0.507 e. The summed E-state index contributed by atoms with van der Waals surface area (Å²) in [5.74, 6) is 4.60. The van der Waals surface area contributed by atoms with Gasteiger partial charge in [-0.3, -0.25) is 9.78 Å². The van der Waals surface area contributed by atoms with Crippen LogP contribution in [-0.2, 0) is 41.2 Å². The predicted molar refractivity (Wildman–Crippen MR) is 180 cm³/mol. The van der Waals surface area contributed by atoms with Crippen molar-refractivity contribution in [1.29, 1.82) is 0 Å². The molecule has 46 heavy (non-hydrogen) atoms. The van der Waals surface area contributed by atoms with Crippen LogP contribution in [0.3, 0.4) is 0 Å². The Balaban J connectivity index is 2.22. The van der Waals surface area contributed by atoms with Gasteiger partial charge in [0.2, 0.25) is 0 Å². The van der Waals surface area contributed by atoms with E-state index in [1.165, 1.54) is 0 Å². The SMILES string of the molecule is CC(C)(C#CC(C)(C)OOC(=O)c1cc(C(C)(C)C)c(O)c(C(C)(C)C)c1)OOC(=O)c1cc(C(C)(C)C)c(O)c(C(C)(C)C)c1. The third kappa shape index (κ3) is 9.98. The lowest BCUT2D eigenvalue weighted by Crippen LogP contribution is -2.28. The smallest absolute Gasteiger partial charge is 0.373 e. The number of phenolic OH excluding ortho intramolecular Hbond substituents is 2. The van der Waals surface area contributed by atoms with Crippen LogP contribution in [0, 0.1) is 11.8 Å². The molecule has 0 aromatic heterocycles. The third-order valence-corrected chi connectivity index (χ3v) is 7.24. The lowest BCUT2D eigenvalue weighted by atomic mass is 9.78. The number of carbonyl (C=O) groups is 2. The first-order valence-electron chi connectivity index (χ1n) is 15.6. The Morgan fingerprint density at radius 1 is 0.478 bits per heavy atom. The van der Waals surface area contributed by atoms with E-state index < -0.39 is 44.8 Å². The average Bonchev–Trinajstić information content (AvgIpc) is 2.87. The van der Waals surface area contributed by atoms with Gasteiger partial charge >= 0.3 is 11.9 Å². The third-order valence-electron chi connectivity index (χ3n) is 7.24. The van der Waals surface area contributed by atoms with Crippen molar-refractivity contribution in [1.82, 2.24) is 0 Å². The minimum absolute atomic E-state index is 0.154. The highest BCUT2D eigenvalue weighted by Crippen LogP contribution is 2.41. The normalized spacial score (nSPS) is 13.1. The highest BCUT2D eigenvalue weighted by molar-refractivity contribution is 5.91. The lowest BCUT2D eigenvalue weighted by Gasteiger charge is -2.28. The molecule has 0 heterocycles. The minimum atomic E-state index is -1.25. The Morgan fingerprint density at radius 3 is 0.891 bits per heavy atom. The van der Waals surface area contributed by atoms with Crippen molar-refractivity contribution in [3.63, 3.8) is 0 Å². The number of aromatic hydroxyl groups is 2. The van der Waals surface area contributed by atoms with Gasteiger partial charge in [0.25, 0.3) is 0 Å². The largest absolute Gasteiger partial charge is 0.507 e. The van der Waals surface area contributed by atoms with Crippen LogP contribution in [-0.4, -0.2) is 33.4 Å². The summed E-state index contributed by atoms with van der Waals surface area (Å²) in [5, 5.41) is 21.9. The van der Waals surface area contributed by atoms with E-state index in [0.29, 0.717) is 22.3 Å². The van der Waals surface area contributed by atoms with E-state index in [1.54, 1.807) is 52.0 Å². The molecule has 0 saturated heterocycles. The standard InChI is InChI=1S/C38H54O8/c1-33(2,3)25-19-23(20-26(29(25)39)34(4,5)6)31(41)43-45-37(13,14)17-18-38(15,16)46-44-32(42)24-21-27(35(7,8)9)30(40)28(22-24)36(10,11)12/h19-22,39-40H,1-16H3. The quantitative estimate of drug-likeness (QED) is 0.184. The molecule has 0 aliphatic rings. The monoisotopic (exact) mass is 638 g/mol. The number of phenols is 2. The molecule has 2 N–H and O–H groups in total. The van der Waals surface area contributed by atoms with Gasteiger partial charge in [0.05, 0.1) is 11.1 Å². The number of benzene rings is 2. The molecular formula is C38H54O8. The molecule has 0 aliphatic heterocycles. The summed E-state index contributed by atoms with van der Waals surface area (Å²) in [5.41, 5.74) is -1.23. The van der Waals surface area contributed by atoms with Crippen molar-refractivity contribution in [3.05, 3.63) is 57.6 Å². The summed E-state index contributed by atoms with van der Waals surface area (Å²) in [6.45, 7) is 29.9. The highest BCUT2D eigenvalue weighted by atomic mass is 17.2. The molecule has 8 nitrogen and oxygen atoms in total. The molecule has 8 heteroatoms. The number of hydrogen-bond acceptors (Lipinski definition) is 8. The van der Waals surface area contributed by atoms with Crippen molar-refractivity contribution in [3.8, 4) is 23.3 Å². The molecule has 254 valence electrons. The molecule has 2 aromatic carbocycles. The van der Waals surface area contributed by atoms with E-state index in [9.17, 15) is 19.8 Å². The topological polar surface area (TPSA) is 112 Å². The van der Waals surface area contributed by atoms with Gasteiger partial charge in [-0.05, 0) is 73.6 Å². The summed E-state index contributed by atoms with van der Waals surface area (Å²) in [6.07, 6.45) is 0. The molecule has 0 saturated carbocycles. The van der Waals surface area contributed by atoms with Gasteiger partial charge in [-0.2, -0.15) is 9.78 Å². The first-order chi connectivity index (χ1) is 20.5. The van der Waals surface area contributed by atoms with E-state index in [0.717, 1.165) is 0 Å². The fourth-order valence-corrected chi connectivity index (χ4v) is 4.51. The van der Waals surface area contributed by atoms with E-state index in [-0.39, 0.29) is 22.6 Å². The van der Waals surface area contributed by atoms with Gasteiger partial charge in [-0.25, -0.2) is 9.59 Å². The molecule has 2 rings (SSSR count). The van der Waals surface area contributed by atoms with Crippen LogP contribution in [0.1, 0.15) is 154 Å². The summed E-state index contributed by atoms with van der Waals surface area (Å²) >= 11 is 0. The maximum Gasteiger partial charge on any atom is 0.373 e. The second kappa shape index (κ2) is 12.9.